The summed E-state index contributed by atoms with van der Waals surface area (Å²) in [7, 11) is 0. The normalized spacial score (nSPS) is 18.5. The molecular formula is C25H31ClN4O2. The van der Waals surface area contributed by atoms with Crippen LogP contribution < -0.4 is 5.32 Å². The molecule has 2 aromatic rings. The third-order valence-corrected chi connectivity index (χ3v) is 6.57. The molecular weight excluding hydrogens is 424 g/mol. The smallest absolute Gasteiger partial charge is 0.251 e. The van der Waals surface area contributed by atoms with Crippen LogP contribution >= 0.6 is 11.6 Å². The van der Waals surface area contributed by atoms with E-state index in [-0.39, 0.29) is 17.9 Å². The maximum absolute atomic E-state index is 12.8. The topological polar surface area (TPSA) is 55.9 Å². The van der Waals surface area contributed by atoms with Crippen LogP contribution in [0.1, 0.15) is 28.8 Å². The third-order valence-electron chi connectivity index (χ3n) is 6.34. The predicted octanol–water partition coefficient (Wildman–Crippen LogP) is 2.88. The average Bonchev–Trinajstić information content (AvgIpc) is 2.81. The molecule has 0 spiro atoms. The lowest BCUT2D eigenvalue weighted by Crippen LogP contribution is -2.52. The van der Waals surface area contributed by atoms with Gasteiger partial charge in [0, 0.05) is 62.4 Å². The summed E-state index contributed by atoms with van der Waals surface area (Å²) >= 11 is 6.08. The molecule has 32 heavy (non-hydrogen) atoms. The first-order valence-electron chi connectivity index (χ1n) is 11.4. The van der Waals surface area contributed by atoms with Gasteiger partial charge in [-0.25, -0.2) is 0 Å². The van der Waals surface area contributed by atoms with E-state index >= 15 is 0 Å². The minimum absolute atomic E-state index is 0.0178. The van der Waals surface area contributed by atoms with Crippen molar-refractivity contribution in [2.24, 2.45) is 0 Å². The largest absolute Gasteiger partial charge is 0.349 e. The van der Waals surface area contributed by atoms with E-state index in [0.29, 0.717) is 12.1 Å². The lowest BCUT2D eigenvalue weighted by atomic mass is 10.0. The van der Waals surface area contributed by atoms with Crippen LogP contribution in [0.5, 0.6) is 0 Å². The van der Waals surface area contributed by atoms with E-state index in [1.807, 2.05) is 53.4 Å². The van der Waals surface area contributed by atoms with Gasteiger partial charge in [-0.2, -0.15) is 0 Å². The molecule has 0 saturated carbocycles. The molecule has 0 aliphatic carbocycles. The number of benzene rings is 2. The first kappa shape index (κ1) is 22.8. The SMILES string of the molecule is O=C(NC1CCN(CC(=O)N2CCN(Cc3cccc(Cl)c3)CC2)CC1)c1ccccc1. The van der Waals surface area contributed by atoms with Crippen molar-refractivity contribution in [1.29, 1.82) is 0 Å². The van der Waals surface area contributed by atoms with Gasteiger partial charge in [0.15, 0.2) is 0 Å². The van der Waals surface area contributed by atoms with Gasteiger partial charge in [-0.15, -0.1) is 0 Å². The van der Waals surface area contributed by atoms with Crippen LogP contribution in [0.15, 0.2) is 54.6 Å². The van der Waals surface area contributed by atoms with Crippen LogP contribution in [0, 0.1) is 0 Å². The van der Waals surface area contributed by atoms with E-state index in [9.17, 15) is 9.59 Å². The van der Waals surface area contributed by atoms with Crippen LogP contribution in [0.2, 0.25) is 5.02 Å². The molecule has 2 heterocycles. The third kappa shape index (κ3) is 6.31. The second-order valence-corrected chi connectivity index (χ2v) is 9.11. The van der Waals surface area contributed by atoms with Crippen molar-refractivity contribution in [3.8, 4) is 0 Å². The Morgan fingerprint density at radius 3 is 2.28 bits per heavy atom. The van der Waals surface area contributed by atoms with Gasteiger partial charge in [0.1, 0.15) is 0 Å². The molecule has 2 amide bonds. The van der Waals surface area contributed by atoms with E-state index < -0.39 is 0 Å². The first-order chi connectivity index (χ1) is 15.6. The molecule has 6 nitrogen and oxygen atoms in total. The Morgan fingerprint density at radius 2 is 1.59 bits per heavy atom. The zero-order chi connectivity index (χ0) is 22.3. The Bertz CT molecular complexity index is 907. The molecule has 2 aromatic carbocycles. The Kier molecular flexibility index (Phi) is 7.79. The minimum atomic E-state index is -0.0178. The molecule has 0 aromatic heterocycles. The highest BCUT2D eigenvalue weighted by Crippen LogP contribution is 2.15. The molecule has 2 aliphatic rings. The van der Waals surface area contributed by atoms with Crippen LogP contribution in [0.3, 0.4) is 0 Å². The zero-order valence-electron chi connectivity index (χ0n) is 18.4. The number of carbonyl (C=O) groups excluding carboxylic acids is 2. The van der Waals surface area contributed by atoms with Crippen molar-refractivity contribution >= 4 is 23.4 Å². The number of likely N-dealkylation sites (tertiary alicyclic amines) is 1. The van der Waals surface area contributed by atoms with Gasteiger partial charge >= 0.3 is 0 Å². The van der Waals surface area contributed by atoms with Crippen molar-refractivity contribution in [3.05, 3.63) is 70.7 Å². The van der Waals surface area contributed by atoms with Gasteiger partial charge in [0.2, 0.25) is 5.91 Å². The number of hydrogen-bond donors (Lipinski definition) is 1. The van der Waals surface area contributed by atoms with E-state index in [2.05, 4.69) is 21.2 Å². The van der Waals surface area contributed by atoms with E-state index in [1.165, 1.54) is 5.56 Å². The summed E-state index contributed by atoms with van der Waals surface area (Å²) in [5, 5.41) is 3.89. The number of nitrogens with one attached hydrogen (secondary N) is 1. The van der Waals surface area contributed by atoms with Gasteiger partial charge in [0.25, 0.3) is 5.91 Å². The quantitative estimate of drug-likeness (QED) is 0.729. The van der Waals surface area contributed by atoms with Crippen molar-refractivity contribution < 1.29 is 9.59 Å². The van der Waals surface area contributed by atoms with Crippen LogP contribution in [-0.2, 0) is 11.3 Å². The number of halogens is 1. The summed E-state index contributed by atoms with van der Waals surface area (Å²) in [5.74, 6) is 0.190. The number of carbonyl (C=O) groups is 2. The summed E-state index contributed by atoms with van der Waals surface area (Å²) < 4.78 is 0. The Labute approximate surface area is 195 Å². The number of piperidine rings is 1. The van der Waals surface area contributed by atoms with Crippen LogP contribution in [0.4, 0.5) is 0 Å². The van der Waals surface area contributed by atoms with Crippen molar-refractivity contribution in [2.75, 3.05) is 45.8 Å². The summed E-state index contributed by atoms with van der Waals surface area (Å²) in [5.41, 5.74) is 1.90. The van der Waals surface area contributed by atoms with Gasteiger partial charge in [0.05, 0.1) is 6.54 Å². The summed E-state index contributed by atoms with van der Waals surface area (Å²) in [6.07, 6.45) is 1.75. The van der Waals surface area contributed by atoms with Crippen LogP contribution in [-0.4, -0.2) is 78.4 Å². The zero-order valence-corrected chi connectivity index (χ0v) is 19.1. The number of nitrogens with zero attached hydrogens (tertiary/aromatic N) is 3. The van der Waals surface area contributed by atoms with Gasteiger partial charge in [-0.05, 0) is 42.7 Å². The maximum atomic E-state index is 12.8. The standard InChI is InChI=1S/C25H31ClN4O2/c26-22-8-4-5-20(17-22)18-29-13-15-30(16-14-29)24(31)19-28-11-9-23(10-12-28)27-25(32)21-6-2-1-3-7-21/h1-8,17,23H,9-16,18-19H2,(H,27,32). The number of rotatable bonds is 6. The lowest BCUT2D eigenvalue weighted by molar-refractivity contribution is -0.134. The van der Waals surface area contributed by atoms with Gasteiger partial charge in [-0.3, -0.25) is 19.4 Å². The maximum Gasteiger partial charge on any atom is 0.251 e. The molecule has 1 N–H and O–H groups in total. The molecule has 2 saturated heterocycles. The molecule has 7 heteroatoms. The summed E-state index contributed by atoms with van der Waals surface area (Å²) in [6, 6.07) is 17.5. The molecule has 0 bridgehead atoms. The molecule has 170 valence electrons. The molecule has 4 rings (SSSR count). The van der Waals surface area contributed by atoms with Crippen molar-refractivity contribution in [2.45, 2.75) is 25.4 Å². The van der Waals surface area contributed by atoms with Gasteiger partial charge in [-0.1, -0.05) is 41.9 Å². The second-order valence-electron chi connectivity index (χ2n) is 8.68. The fraction of sp³-hybridized carbons (Fsp3) is 0.440. The van der Waals surface area contributed by atoms with Crippen LogP contribution in [0.25, 0.3) is 0 Å². The fourth-order valence-electron chi connectivity index (χ4n) is 4.43. The van der Waals surface area contributed by atoms with E-state index in [1.54, 1.807) is 0 Å². The van der Waals surface area contributed by atoms with Gasteiger partial charge < -0.3 is 10.2 Å². The predicted molar refractivity (Wildman–Crippen MR) is 127 cm³/mol. The number of amides is 2. The Balaban J connectivity index is 1.16. The number of hydrogen-bond acceptors (Lipinski definition) is 4. The molecule has 0 unspecified atom stereocenters. The molecule has 0 radical (unpaired) electrons. The van der Waals surface area contributed by atoms with Crippen molar-refractivity contribution in [3.63, 3.8) is 0 Å². The number of piperazine rings is 1. The highest BCUT2D eigenvalue weighted by Gasteiger charge is 2.26. The summed E-state index contributed by atoms with van der Waals surface area (Å²) in [4.78, 5) is 31.7. The fourth-order valence-corrected chi connectivity index (χ4v) is 4.65. The Hall–Kier alpha value is -2.41. The second kappa shape index (κ2) is 10.9. The first-order valence-corrected chi connectivity index (χ1v) is 11.8. The summed E-state index contributed by atoms with van der Waals surface area (Å²) in [6.45, 7) is 6.29. The average molecular weight is 455 g/mol. The molecule has 0 atom stereocenters. The monoisotopic (exact) mass is 454 g/mol. The highest BCUT2D eigenvalue weighted by atomic mass is 35.5. The lowest BCUT2D eigenvalue weighted by Gasteiger charge is -2.37. The highest BCUT2D eigenvalue weighted by molar-refractivity contribution is 6.30. The Morgan fingerprint density at radius 1 is 0.875 bits per heavy atom. The van der Waals surface area contributed by atoms with E-state index in [4.69, 9.17) is 11.6 Å². The van der Waals surface area contributed by atoms with Crippen molar-refractivity contribution in [1.82, 2.24) is 20.0 Å². The molecule has 2 aliphatic heterocycles. The molecule has 2 fully saturated rings. The van der Waals surface area contributed by atoms with E-state index in [0.717, 1.165) is 63.7 Å². The minimum Gasteiger partial charge on any atom is -0.349 e.